The standard InChI is InChI=1S/C20H15FN2O3/c1-3-26-20(25)18-16-6-4-5-9-23(16)19(24)14(11-22)17(18)13-8-7-12(2)15(21)10-13/h4-10H,3H2,1-2H3. The van der Waals surface area contributed by atoms with Crippen LogP contribution in [0.5, 0.6) is 0 Å². The molecule has 0 aliphatic heterocycles. The van der Waals surface area contributed by atoms with E-state index in [1.807, 2.05) is 6.07 Å². The minimum absolute atomic E-state index is 0.0619. The number of rotatable bonds is 3. The molecule has 5 nitrogen and oxygen atoms in total. The molecule has 0 aliphatic carbocycles. The third-order valence-corrected chi connectivity index (χ3v) is 4.10. The van der Waals surface area contributed by atoms with Gasteiger partial charge in [0.25, 0.3) is 5.56 Å². The highest BCUT2D eigenvalue weighted by Gasteiger charge is 2.25. The molecule has 0 unspecified atom stereocenters. The van der Waals surface area contributed by atoms with Crippen molar-refractivity contribution in [1.82, 2.24) is 4.40 Å². The Bertz CT molecular complexity index is 1130. The van der Waals surface area contributed by atoms with Crippen LogP contribution in [0, 0.1) is 24.1 Å². The number of carbonyl (C=O) groups is 1. The van der Waals surface area contributed by atoms with Gasteiger partial charge in [0.1, 0.15) is 17.4 Å². The van der Waals surface area contributed by atoms with Crippen LogP contribution in [-0.4, -0.2) is 17.0 Å². The lowest BCUT2D eigenvalue weighted by atomic mass is 9.94. The van der Waals surface area contributed by atoms with Crippen LogP contribution in [0.15, 0.2) is 47.4 Å². The van der Waals surface area contributed by atoms with E-state index in [-0.39, 0.29) is 28.9 Å². The van der Waals surface area contributed by atoms with Gasteiger partial charge in [0, 0.05) is 11.8 Å². The fourth-order valence-corrected chi connectivity index (χ4v) is 2.86. The Morgan fingerprint density at radius 3 is 2.73 bits per heavy atom. The van der Waals surface area contributed by atoms with Crippen molar-refractivity contribution >= 4 is 11.5 Å². The number of benzene rings is 1. The van der Waals surface area contributed by atoms with Crippen molar-refractivity contribution in [2.45, 2.75) is 13.8 Å². The fourth-order valence-electron chi connectivity index (χ4n) is 2.86. The lowest BCUT2D eigenvalue weighted by molar-refractivity contribution is 0.0529. The summed E-state index contributed by atoms with van der Waals surface area (Å²) in [6.07, 6.45) is 1.47. The number of hydrogen-bond acceptors (Lipinski definition) is 4. The van der Waals surface area contributed by atoms with Crippen LogP contribution in [0.4, 0.5) is 4.39 Å². The molecule has 0 atom stereocenters. The molecule has 0 saturated heterocycles. The normalized spacial score (nSPS) is 10.5. The highest BCUT2D eigenvalue weighted by atomic mass is 19.1. The molecule has 26 heavy (non-hydrogen) atoms. The molecule has 0 bridgehead atoms. The van der Waals surface area contributed by atoms with Crippen LogP contribution in [-0.2, 0) is 4.74 Å². The zero-order chi connectivity index (χ0) is 18.8. The van der Waals surface area contributed by atoms with Gasteiger partial charge in [-0.3, -0.25) is 9.20 Å². The predicted octanol–water partition coefficient (Wildman–Crippen LogP) is 3.46. The number of nitrogens with zero attached hydrogens (tertiary/aromatic N) is 2. The Kier molecular flexibility index (Phi) is 4.55. The minimum atomic E-state index is -0.677. The Morgan fingerprint density at radius 2 is 2.08 bits per heavy atom. The van der Waals surface area contributed by atoms with Crippen LogP contribution in [0.2, 0.25) is 0 Å². The first-order chi connectivity index (χ1) is 12.5. The van der Waals surface area contributed by atoms with Crippen molar-refractivity contribution in [3.63, 3.8) is 0 Å². The first-order valence-corrected chi connectivity index (χ1v) is 8.00. The Labute approximate surface area is 148 Å². The fraction of sp³-hybridized carbons (Fsp3) is 0.150. The molecule has 0 saturated carbocycles. The van der Waals surface area contributed by atoms with Gasteiger partial charge in [0.05, 0.1) is 17.7 Å². The van der Waals surface area contributed by atoms with Gasteiger partial charge in [0.15, 0.2) is 0 Å². The van der Waals surface area contributed by atoms with E-state index in [1.165, 1.54) is 22.7 Å². The van der Waals surface area contributed by atoms with Crippen molar-refractivity contribution < 1.29 is 13.9 Å². The number of halogens is 1. The predicted molar refractivity (Wildman–Crippen MR) is 94.5 cm³/mol. The average molecular weight is 350 g/mol. The Balaban J connectivity index is 2.52. The monoisotopic (exact) mass is 350 g/mol. The summed E-state index contributed by atoms with van der Waals surface area (Å²) in [7, 11) is 0. The number of ether oxygens (including phenoxy) is 1. The van der Waals surface area contributed by atoms with E-state index in [0.717, 1.165) is 0 Å². The molecular weight excluding hydrogens is 335 g/mol. The Hall–Kier alpha value is -3.46. The maximum absolute atomic E-state index is 14.1. The number of hydrogen-bond donors (Lipinski definition) is 0. The topological polar surface area (TPSA) is 71.6 Å². The summed E-state index contributed by atoms with van der Waals surface area (Å²) in [6, 6.07) is 11.1. The summed E-state index contributed by atoms with van der Waals surface area (Å²) in [4.78, 5) is 25.4. The van der Waals surface area contributed by atoms with Gasteiger partial charge < -0.3 is 4.74 Å². The number of esters is 1. The number of carbonyl (C=O) groups excluding carboxylic acids is 1. The highest BCUT2D eigenvalue weighted by Crippen LogP contribution is 2.30. The van der Waals surface area contributed by atoms with E-state index in [1.54, 1.807) is 38.1 Å². The largest absolute Gasteiger partial charge is 0.462 e. The van der Waals surface area contributed by atoms with Gasteiger partial charge in [-0.15, -0.1) is 0 Å². The first-order valence-electron chi connectivity index (χ1n) is 8.00. The lowest BCUT2D eigenvalue weighted by Crippen LogP contribution is -2.22. The van der Waals surface area contributed by atoms with E-state index in [0.29, 0.717) is 11.1 Å². The molecule has 0 aliphatic rings. The van der Waals surface area contributed by atoms with E-state index in [2.05, 4.69) is 0 Å². The molecular formula is C20H15FN2O3. The van der Waals surface area contributed by atoms with Crippen molar-refractivity contribution in [3.05, 3.63) is 75.5 Å². The second-order valence-electron chi connectivity index (χ2n) is 5.68. The number of aryl methyl sites for hydroxylation is 1. The van der Waals surface area contributed by atoms with E-state index in [4.69, 9.17) is 4.74 Å². The molecule has 6 heteroatoms. The third kappa shape index (κ3) is 2.74. The summed E-state index contributed by atoms with van der Waals surface area (Å²) < 4.78 is 20.5. The number of fused-ring (bicyclic) bond motifs is 1. The summed E-state index contributed by atoms with van der Waals surface area (Å²) in [5, 5.41) is 9.57. The zero-order valence-corrected chi connectivity index (χ0v) is 14.2. The molecule has 2 heterocycles. The van der Waals surface area contributed by atoms with Gasteiger partial charge in [-0.1, -0.05) is 18.2 Å². The molecule has 0 radical (unpaired) electrons. The zero-order valence-electron chi connectivity index (χ0n) is 14.2. The molecule has 0 fully saturated rings. The summed E-state index contributed by atoms with van der Waals surface area (Å²) in [5.41, 5.74) is 0.324. The van der Waals surface area contributed by atoms with Crippen molar-refractivity contribution in [3.8, 4) is 17.2 Å². The maximum atomic E-state index is 14.1. The number of pyridine rings is 2. The SMILES string of the molecule is CCOC(=O)c1c(-c2ccc(C)c(F)c2)c(C#N)c(=O)n2ccccc12. The quantitative estimate of drug-likeness (QED) is 0.678. The van der Waals surface area contributed by atoms with Crippen LogP contribution < -0.4 is 5.56 Å². The average Bonchev–Trinajstić information content (AvgIpc) is 2.64. The summed E-state index contributed by atoms with van der Waals surface area (Å²) >= 11 is 0. The molecule has 0 spiro atoms. The van der Waals surface area contributed by atoms with Gasteiger partial charge in [-0.25, -0.2) is 9.18 Å². The van der Waals surface area contributed by atoms with Gasteiger partial charge in [0.2, 0.25) is 0 Å². The van der Waals surface area contributed by atoms with Crippen LogP contribution >= 0.6 is 0 Å². The third-order valence-electron chi connectivity index (χ3n) is 4.10. The minimum Gasteiger partial charge on any atom is -0.462 e. The van der Waals surface area contributed by atoms with E-state index < -0.39 is 17.3 Å². The second-order valence-corrected chi connectivity index (χ2v) is 5.68. The van der Waals surface area contributed by atoms with Gasteiger partial charge in [-0.2, -0.15) is 5.26 Å². The van der Waals surface area contributed by atoms with Crippen molar-refractivity contribution in [2.75, 3.05) is 6.61 Å². The molecule has 130 valence electrons. The summed E-state index contributed by atoms with van der Waals surface area (Å²) in [5.74, 6) is -1.17. The maximum Gasteiger partial charge on any atom is 0.340 e. The molecule has 1 aromatic carbocycles. The van der Waals surface area contributed by atoms with Crippen molar-refractivity contribution in [2.24, 2.45) is 0 Å². The molecule has 0 N–H and O–H groups in total. The summed E-state index contributed by atoms with van der Waals surface area (Å²) in [6.45, 7) is 3.39. The van der Waals surface area contributed by atoms with Crippen LogP contribution in [0.1, 0.15) is 28.4 Å². The Morgan fingerprint density at radius 1 is 1.31 bits per heavy atom. The van der Waals surface area contributed by atoms with Gasteiger partial charge >= 0.3 is 5.97 Å². The van der Waals surface area contributed by atoms with Crippen LogP contribution in [0.25, 0.3) is 16.6 Å². The highest BCUT2D eigenvalue weighted by molar-refractivity contribution is 6.05. The van der Waals surface area contributed by atoms with E-state index in [9.17, 15) is 19.2 Å². The second kappa shape index (κ2) is 6.81. The van der Waals surface area contributed by atoms with Gasteiger partial charge in [-0.05, 0) is 43.2 Å². The van der Waals surface area contributed by atoms with Crippen LogP contribution in [0.3, 0.4) is 0 Å². The molecule has 3 aromatic rings. The van der Waals surface area contributed by atoms with E-state index >= 15 is 0 Å². The van der Waals surface area contributed by atoms with Crippen molar-refractivity contribution in [1.29, 1.82) is 5.26 Å². The smallest absolute Gasteiger partial charge is 0.340 e. The molecule has 3 rings (SSSR count). The molecule has 0 amide bonds. The first kappa shape index (κ1) is 17.4. The number of nitriles is 1. The molecule has 2 aromatic heterocycles. The lowest BCUT2D eigenvalue weighted by Gasteiger charge is -2.15. The number of aromatic nitrogens is 1.